The van der Waals surface area contributed by atoms with E-state index < -0.39 is 5.41 Å². The van der Waals surface area contributed by atoms with Crippen molar-refractivity contribution >= 4 is 39.9 Å². The van der Waals surface area contributed by atoms with Crippen LogP contribution in [0.15, 0.2) is 186 Å². The number of ether oxygens (including phenoxy) is 1. The van der Waals surface area contributed by atoms with Gasteiger partial charge in [0.1, 0.15) is 11.5 Å². The van der Waals surface area contributed by atoms with Gasteiger partial charge in [-0.1, -0.05) is 103 Å². The van der Waals surface area contributed by atoms with Crippen molar-refractivity contribution in [1.82, 2.24) is 19.9 Å². The summed E-state index contributed by atoms with van der Waals surface area (Å²) in [6.07, 6.45) is 7.35. The van der Waals surface area contributed by atoms with Gasteiger partial charge in [0.15, 0.2) is 0 Å². The predicted octanol–water partition coefficient (Wildman–Crippen LogP) is 12.2. The summed E-state index contributed by atoms with van der Waals surface area (Å²) in [6, 6.07) is 53.6. The summed E-state index contributed by atoms with van der Waals surface area (Å²) in [7, 11) is 0. The van der Waals surface area contributed by atoms with Gasteiger partial charge in [0.2, 0.25) is 0 Å². The van der Waals surface area contributed by atoms with Gasteiger partial charge < -0.3 is 9.64 Å². The first kappa shape index (κ1) is 31.3. The first-order chi connectivity index (χ1) is 27.8. The smallest absolute Gasteiger partial charge is 0.148 e. The van der Waals surface area contributed by atoms with Crippen molar-refractivity contribution in [3.8, 4) is 45.1 Å². The fraction of sp³-hybridized carbons (Fsp3) is 0.0204. The molecule has 5 heterocycles. The molecule has 6 nitrogen and oxygen atoms in total. The molecular weight excluding hydrogens is 707 g/mol. The Morgan fingerprint density at radius 1 is 0.518 bits per heavy atom. The number of aromatic nitrogens is 4. The lowest BCUT2D eigenvalue weighted by Gasteiger charge is -2.41. The molecule has 7 heteroatoms. The molecule has 0 fully saturated rings. The van der Waals surface area contributed by atoms with Crippen LogP contribution in [0.5, 0.6) is 11.5 Å². The molecule has 0 bridgehead atoms. The van der Waals surface area contributed by atoms with E-state index in [1.165, 1.54) is 4.90 Å². The average Bonchev–Trinajstić information content (AvgIpc) is 3.55. The Labute approximate surface area is 327 Å². The second-order valence-electron chi connectivity index (χ2n) is 14.2. The molecule has 0 saturated carbocycles. The molecule has 0 radical (unpaired) electrons. The van der Waals surface area contributed by atoms with Gasteiger partial charge >= 0.3 is 0 Å². The van der Waals surface area contributed by atoms with Gasteiger partial charge in [-0.05, 0) is 77.4 Å². The Morgan fingerprint density at radius 2 is 1.32 bits per heavy atom. The standard InChI is InChI=1S/C49H29N5OS/c1-2-13-33(14-3-1)54-40-19-5-7-21-43(40)56-48-41(54)23-22-37-47(48)55-42-20-6-4-16-35(42)49(37)36-17-10-24-51-45(36)46-38(49)28-32(29-53-46)30-11-8-12-31(27-30)34-15-9-18-39-44(34)52-26-25-50-39/h1-29H. The molecule has 56 heavy (non-hydrogen) atoms. The number of rotatable bonds is 3. The zero-order chi connectivity index (χ0) is 36.8. The number of hydrogen-bond donors (Lipinski definition) is 0. The van der Waals surface area contributed by atoms with Crippen molar-refractivity contribution in [2.75, 3.05) is 4.90 Å². The maximum atomic E-state index is 7.11. The molecule has 12 rings (SSSR count). The molecule has 3 aromatic heterocycles. The van der Waals surface area contributed by atoms with Gasteiger partial charge in [0.05, 0.1) is 44.1 Å². The quantitative estimate of drug-likeness (QED) is 0.179. The van der Waals surface area contributed by atoms with Crippen molar-refractivity contribution in [3.05, 3.63) is 199 Å². The Hall–Kier alpha value is -7.09. The number of benzene rings is 6. The summed E-state index contributed by atoms with van der Waals surface area (Å²) in [5, 5.41) is 0. The summed E-state index contributed by atoms with van der Waals surface area (Å²) in [6.45, 7) is 0. The van der Waals surface area contributed by atoms with E-state index in [-0.39, 0.29) is 0 Å². The van der Waals surface area contributed by atoms with Gasteiger partial charge in [-0.25, -0.2) is 0 Å². The van der Waals surface area contributed by atoms with Crippen LogP contribution < -0.4 is 9.64 Å². The predicted molar refractivity (Wildman–Crippen MR) is 222 cm³/mol. The highest BCUT2D eigenvalue weighted by molar-refractivity contribution is 7.99. The number of nitrogens with zero attached hydrogens (tertiary/aromatic N) is 5. The van der Waals surface area contributed by atoms with Gasteiger partial charge in [-0.15, -0.1) is 0 Å². The average molecular weight is 736 g/mol. The third-order valence-electron chi connectivity index (χ3n) is 11.3. The largest absolute Gasteiger partial charge is 0.455 e. The van der Waals surface area contributed by atoms with E-state index in [1.807, 2.05) is 30.6 Å². The fourth-order valence-electron chi connectivity index (χ4n) is 8.98. The van der Waals surface area contributed by atoms with Crippen molar-refractivity contribution in [2.24, 2.45) is 0 Å². The van der Waals surface area contributed by atoms with Gasteiger partial charge in [0.25, 0.3) is 0 Å². The minimum atomic E-state index is -0.737. The second kappa shape index (κ2) is 12.0. The molecule has 1 aliphatic carbocycles. The topological polar surface area (TPSA) is 64.0 Å². The van der Waals surface area contributed by atoms with Crippen molar-refractivity contribution < 1.29 is 4.74 Å². The molecule has 9 aromatic rings. The first-order valence-electron chi connectivity index (χ1n) is 18.6. The number of fused-ring (bicyclic) bond motifs is 13. The number of pyridine rings is 2. The van der Waals surface area contributed by atoms with Crippen LogP contribution in [0.2, 0.25) is 0 Å². The number of para-hydroxylation sites is 4. The van der Waals surface area contributed by atoms with E-state index in [9.17, 15) is 0 Å². The van der Waals surface area contributed by atoms with Crippen molar-refractivity contribution in [1.29, 1.82) is 0 Å². The SMILES string of the molecule is c1ccc(N2c3ccccc3Sc3c2ccc2c3Oc3ccccc3C23c2cccnc2-c2ncc(-c4cccc(-c5cccc6nccnc56)c4)cc23)cc1. The minimum absolute atomic E-state index is 0.737. The van der Waals surface area contributed by atoms with Crippen LogP contribution in [0.3, 0.4) is 0 Å². The van der Waals surface area contributed by atoms with E-state index in [0.717, 1.165) is 100 Å². The zero-order valence-corrected chi connectivity index (χ0v) is 30.6. The van der Waals surface area contributed by atoms with Gasteiger partial charge in [0, 0.05) is 63.2 Å². The Bertz CT molecular complexity index is 3070. The van der Waals surface area contributed by atoms with E-state index in [1.54, 1.807) is 24.2 Å². The maximum Gasteiger partial charge on any atom is 0.148 e. The van der Waals surface area contributed by atoms with Crippen LogP contribution in [0.25, 0.3) is 44.7 Å². The summed E-state index contributed by atoms with van der Waals surface area (Å²) < 4.78 is 7.11. The third-order valence-corrected chi connectivity index (χ3v) is 12.5. The molecule has 0 saturated heterocycles. The molecule has 0 N–H and O–H groups in total. The summed E-state index contributed by atoms with van der Waals surface area (Å²) in [5.41, 5.74) is 14.6. The zero-order valence-electron chi connectivity index (χ0n) is 29.8. The van der Waals surface area contributed by atoms with Gasteiger partial charge in [-0.3, -0.25) is 19.9 Å². The van der Waals surface area contributed by atoms with Crippen molar-refractivity contribution in [2.45, 2.75) is 15.2 Å². The van der Waals surface area contributed by atoms with Crippen LogP contribution in [0.4, 0.5) is 17.1 Å². The van der Waals surface area contributed by atoms with E-state index in [4.69, 9.17) is 19.7 Å². The van der Waals surface area contributed by atoms with Crippen LogP contribution in [-0.4, -0.2) is 19.9 Å². The fourth-order valence-corrected chi connectivity index (χ4v) is 10.1. The maximum absolute atomic E-state index is 7.11. The van der Waals surface area contributed by atoms with Crippen LogP contribution in [0.1, 0.15) is 22.3 Å². The summed E-state index contributed by atoms with van der Waals surface area (Å²) in [4.78, 5) is 24.1. The van der Waals surface area contributed by atoms with E-state index >= 15 is 0 Å². The van der Waals surface area contributed by atoms with Crippen LogP contribution in [0, 0.1) is 0 Å². The van der Waals surface area contributed by atoms with E-state index in [0.29, 0.717) is 0 Å². The van der Waals surface area contributed by atoms with Gasteiger partial charge in [-0.2, -0.15) is 0 Å². The molecule has 262 valence electrons. The summed E-state index contributed by atoms with van der Waals surface area (Å²) >= 11 is 1.77. The highest BCUT2D eigenvalue weighted by atomic mass is 32.2. The normalized spacial score (nSPS) is 15.6. The molecule has 0 amide bonds. The summed E-state index contributed by atoms with van der Waals surface area (Å²) in [5.74, 6) is 1.68. The molecule has 3 aliphatic rings. The molecule has 6 aromatic carbocycles. The van der Waals surface area contributed by atoms with Crippen LogP contribution >= 0.6 is 11.8 Å². The lowest BCUT2D eigenvalue weighted by Crippen LogP contribution is -2.33. The lowest BCUT2D eigenvalue weighted by molar-refractivity contribution is 0.426. The Morgan fingerprint density at radius 3 is 2.29 bits per heavy atom. The molecular formula is C49H29N5OS. The molecule has 2 aliphatic heterocycles. The Kier molecular flexibility index (Phi) is 6.68. The monoisotopic (exact) mass is 735 g/mol. The third kappa shape index (κ3) is 4.34. The van der Waals surface area contributed by atoms with Crippen LogP contribution in [-0.2, 0) is 5.41 Å². The highest BCUT2D eigenvalue weighted by Crippen LogP contribution is 2.65. The number of anilines is 3. The number of hydrogen-bond acceptors (Lipinski definition) is 7. The minimum Gasteiger partial charge on any atom is -0.455 e. The second-order valence-corrected chi connectivity index (χ2v) is 15.3. The first-order valence-corrected chi connectivity index (χ1v) is 19.4. The Balaban J connectivity index is 1.10. The van der Waals surface area contributed by atoms with Crippen molar-refractivity contribution in [3.63, 3.8) is 0 Å². The van der Waals surface area contributed by atoms with E-state index in [2.05, 4.69) is 143 Å². The molecule has 1 spiro atoms. The molecule has 1 atom stereocenters. The lowest BCUT2D eigenvalue weighted by atomic mass is 9.66. The molecule has 1 unspecified atom stereocenters. The highest BCUT2D eigenvalue weighted by Gasteiger charge is 2.53.